The van der Waals surface area contributed by atoms with Gasteiger partial charge in [-0.25, -0.2) is 4.98 Å². The maximum atomic E-state index is 12.4. The minimum Gasteiger partial charge on any atom is -0.497 e. The molecule has 1 aromatic heterocycles. The van der Waals surface area contributed by atoms with Crippen LogP contribution >= 0.6 is 0 Å². The van der Waals surface area contributed by atoms with Gasteiger partial charge in [0.1, 0.15) is 11.6 Å². The smallest absolute Gasteiger partial charge is 0.251 e. The number of fused-ring (bicyclic) bond motifs is 1. The van der Waals surface area contributed by atoms with Crippen LogP contribution in [0.15, 0.2) is 48.5 Å². The zero-order valence-electron chi connectivity index (χ0n) is 13.2. The molecular formula is C18H19N3O2. The van der Waals surface area contributed by atoms with Crippen LogP contribution in [-0.2, 0) is 0 Å². The highest BCUT2D eigenvalue weighted by Crippen LogP contribution is 2.19. The number of carbonyl (C=O) groups excluding carboxylic acids is 1. The van der Waals surface area contributed by atoms with Gasteiger partial charge in [0.2, 0.25) is 0 Å². The van der Waals surface area contributed by atoms with E-state index in [1.54, 1.807) is 31.4 Å². The van der Waals surface area contributed by atoms with E-state index in [-0.39, 0.29) is 11.9 Å². The third kappa shape index (κ3) is 3.18. The number of nitrogens with one attached hydrogen (secondary N) is 2. The van der Waals surface area contributed by atoms with Crippen LogP contribution in [0.2, 0.25) is 0 Å². The Bertz CT molecular complexity index is 776. The van der Waals surface area contributed by atoms with Gasteiger partial charge in [0.15, 0.2) is 0 Å². The molecule has 3 aromatic rings. The van der Waals surface area contributed by atoms with Crippen LogP contribution in [0.4, 0.5) is 0 Å². The third-order valence-corrected chi connectivity index (χ3v) is 3.80. The summed E-state index contributed by atoms with van der Waals surface area (Å²) in [5.74, 6) is 1.38. The highest BCUT2D eigenvalue weighted by molar-refractivity contribution is 5.94. The number of carbonyl (C=O) groups is 1. The number of ether oxygens (including phenoxy) is 1. The van der Waals surface area contributed by atoms with Gasteiger partial charge in [0.05, 0.1) is 24.2 Å². The van der Waals surface area contributed by atoms with Crippen LogP contribution in [0.5, 0.6) is 5.75 Å². The summed E-state index contributed by atoms with van der Waals surface area (Å²) in [6, 6.07) is 14.7. The number of hydrogen-bond acceptors (Lipinski definition) is 3. The number of hydrogen-bond donors (Lipinski definition) is 2. The van der Waals surface area contributed by atoms with Crippen molar-refractivity contribution in [2.24, 2.45) is 0 Å². The van der Waals surface area contributed by atoms with Crippen molar-refractivity contribution in [2.75, 3.05) is 7.11 Å². The second-order valence-electron chi connectivity index (χ2n) is 5.30. The first-order valence-corrected chi connectivity index (χ1v) is 7.61. The molecule has 0 fully saturated rings. The Morgan fingerprint density at radius 3 is 2.61 bits per heavy atom. The number of rotatable bonds is 5. The zero-order valence-corrected chi connectivity index (χ0v) is 13.2. The van der Waals surface area contributed by atoms with E-state index >= 15 is 0 Å². The Kier molecular flexibility index (Phi) is 4.28. The van der Waals surface area contributed by atoms with E-state index < -0.39 is 0 Å². The second kappa shape index (κ2) is 6.52. The number of imidazole rings is 1. The fourth-order valence-electron chi connectivity index (χ4n) is 2.49. The summed E-state index contributed by atoms with van der Waals surface area (Å²) in [4.78, 5) is 20.3. The first kappa shape index (κ1) is 15.1. The molecule has 0 aliphatic rings. The quantitative estimate of drug-likeness (QED) is 0.758. The fraction of sp³-hybridized carbons (Fsp3) is 0.222. The summed E-state index contributed by atoms with van der Waals surface area (Å²) in [6.07, 6.45) is 0.752. The van der Waals surface area contributed by atoms with E-state index in [4.69, 9.17) is 4.74 Å². The number of aromatic amines is 1. The molecule has 5 heteroatoms. The Morgan fingerprint density at radius 1 is 1.22 bits per heavy atom. The lowest BCUT2D eigenvalue weighted by molar-refractivity contribution is 0.0934. The Balaban J connectivity index is 1.79. The molecule has 3 rings (SSSR count). The lowest BCUT2D eigenvalue weighted by atomic mass is 10.1. The summed E-state index contributed by atoms with van der Waals surface area (Å²) in [5.41, 5.74) is 2.47. The number of nitrogens with zero attached hydrogens (tertiary/aromatic N) is 1. The molecule has 0 saturated carbocycles. The lowest BCUT2D eigenvalue weighted by Gasteiger charge is -2.14. The standard InChI is InChI=1S/C18H19N3O2/c1-3-14(17-19-15-6-4-5-7-16(15)20-17)21-18(22)12-8-10-13(23-2)11-9-12/h4-11,14H,3H2,1-2H3,(H,19,20)(H,21,22)/t14-/m0/s1. The van der Waals surface area contributed by atoms with Gasteiger partial charge in [-0.2, -0.15) is 0 Å². The molecule has 1 heterocycles. The van der Waals surface area contributed by atoms with Crippen molar-refractivity contribution in [3.63, 3.8) is 0 Å². The summed E-state index contributed by atoms with van der Waals surface area (Å²) in [5, 5.41) is 3.02. The van der Waals surface area contributed by atoms with E-state index in [0.29, 0.717) is 5.56 Å². The van der Waals surface area contributed by atoms with Gasteiger partial charge in [-0.05, 0) is 42.8 Å². The van der Waals surface area contributed by atoms with E-state index in [9.17, 15) is 4.79 Å². The highest BCUT2D eigenvalue weighted by Gasteiger charge is 2.17. The van der Waals surface area contributed by atoms with Crippen LogP contribution in [0.1, 0.15) is 35.6 Å². The van der Waals surface area contributed by atoms with Crippen molar-refractivity contribution in [2.45, 2.75) is 19.4 Å². The number of amides is 1. The Morgan fingerprint density at radius 2 is 1.96 bits per heavy atom. The van der Waals surface area contributed by atoms with Crippen LogP contribution < -0.4 is 10.1 Å². The minimum absolute atomic E-state index is 0.125. The average Bonchev–Trinajstić information content (AvgIpc) is 3.03. The van der Waals surface area contributed by atoms with Crippen molar-refractivity contribution >= 4 is 16.9 Å². The molecule has 23 heavy (non-hydrogen) atoms. The van der Waals surface area contributed by atoms with Crippen LogP contribution in [-0.4, -0.2) is 23.0 Å². The number of methoxy groups -OCH3 is 1. The zero-order chi connectivity index (χ0) is 16.2. The molecule has 0 bridgehead atoms. The minimum atomic E-state index is -0.156. The molecule has 118 valence electrons. The van der Waals surface area contributed by atoms with Gasteiger partial charge in [-0.1, -0.05) is 19.1 Å². The molecule has 1 atom stereocenters. The van der Waals surface area contributed by atoms with Crippen molar-refractivity contribution in [3.05, 3.63) is 59.9 Å². The first-order chi connectivity index (χ1) is 11.2. The molecular weight excluding hydrogens is 290 g/mol. The molecule has 2 N–H and O–H groups in total. The van der Waals surface area contributed by atoms with Gasteiger partial charge in [-0.3, -0.25) is 4.79 Å². The maximum absolute atomic E-state index is 12.4. The molecule has 2 aromatic carbocycles. The van der Waals surface area contributed by atoms with E-state index in [1.807, 2.05) is 31.2 Å². The van der Waals surface area contributed by atoms with Gasteiger partial charge < -0.3 is 15.0 Å². The summed E-state index contributed by atoms with van der Waals surface area (Å²) >= 11 is 0. The number of H-pyrrole nitrogens is 1. The summed E-state index contributed by atoms with van der Waals surface area (Å²) < 4.78 is 5.11. The second-order valence-corrected chi connectivity index (χ2v) is 5.30. The van der Waals surface area contributed by atoms with Gasteiger partial charge in [0, 0.05) is 5.56 Å². The molecule has 1 amide bonds. The Labute approximate surface area is 134 Å². The lowest BCUT2D eigenvalue weighted by Crippen LogP contribution is -2.28. The molecule has 0 spiro atoms. The van der Waals surface area contributed by atoms with Gasteiger partial charge in [-0.15, -0.1) is 0 Å². The van der Waals surface area contributed by atoms with Crippen LogP contribution in [0.3, 0.4) is 0 Å². The normalized spacial score (nSPS) is 12.1. The average molecular weight is 309 g/mol. The van der Waals surface area contributed by atoms with Crippen LogP contribution in [0.25, 0.3) is 11.0 Å². The SMILES string of the molecule is CC[C@H](NC(=O)c1ccc(OC)cc1)c1nc2ccccc2[nH]1. The predicted octanol–water partition coefficient (Wildman–Crippen LogP) is 3.45. The monoisotopic (exact) mass is 309 g/mol. The van der Waals surface area contributed by atoms with E-state index in [1.165, 1.54) is 0 Å². The topological polar surface area (TPSA) is 67.0 Å². The highest BCUT2D eigenvalue weighted by atomic mass is 16.5. The molecule has 0 aliphatic carbocycles. The van der Waals surface area contributed by atoms with Crippen molar-refractivity contribution in [1.82, 2.24) is 15.3 Å². The van der Waals surface area contributed by atoms with E-state index in [0.717, 1.165) is 29.0 Å². The third-order valence-electron chi connectivity index (χ3n) is 3.80. The van der Waals surface area contributed by atoms with Crippen LogP contribution in [0, 0.1) is 0 Å². The van der Waals surface area contributed by atoms with Crippen molar-refractivity contribution in [1.29, 1.82) is 0 Å². The number of aromatic nitrogens is 2. The maximum Gasteiger partial charge on any atom is 0.251 e. The van der Waals surface area contributed by atoms with Crippen molar-refractivity contribution < 1.29 is 9.53 Å². The number of para-hydroxylation sites is 2. The fourth-order valence-corrected chi connectivity index (χ4v) is 2.49. The predicted molar refractivity (Wildman–Crippen MR) is 89.6 cm³/mol. The van der Waals surface area contributed by atoms with Crippen molar-refractivity contribution in [3.8, 4) is 5.75 Å². The molecule has 0 aliphatic heterocycles. The molecule has 0 unspecified atom stereocenters. The van der Waals surface area contributed by atoms with E-state index in [2.05, 4.69) is 15.3 Å². The largest absolute Gasteiger partial charge is 0.497 e. The summed E-state index contributed by atoms with van der Waals surface area (Å²) in [7, 11) is 1.60. The van der Waals surface area contributed by atoms with Gasteiger partial charge in [0.25, 0.3) is 5.91 Å². The summed E-state index contributed by atoms with van der Waals surface area (Å²) in [6.45, 7) is 2.02. The Hall–Kier alpha value is -2.82. The molecule has 5 nitrogen and oxygen atoms in total. The van der Waals surface area contributed by atoms with Gasteiger partial charge >= 0.3 is 0 Å². The molecule has 0 radical (unpaired) electrons. The first-order valence-electron chi connectivity index (χ1n) is 7.61. The molecule has 0 saturated heterocycles. The number of benzene rings is 2.